The van der Waals surface area contributed by atoms with Crippen LogP contribution >= 0.6 is 0 Å². The van der Waals surface area contributed by atoms with Gasteiger partial charge in [-0.3, -0.25) is 0 Å². The fraction of sp³-hybridized carbons (Fsp3) is 0.357. The van der Waals surface area contributed by atoms with Crippen molar-refractivity contribution in [1.82, 2.24) is 4.31 Å². The molecule has 2 rings (SSSR count). The minimum absolute atomic E-state index is 0.197. The number of halogens is 1. The number of nitriles is 1. The summed E-state index contributed by atoms with van der Waals surface area (Å²) in [6.45, 7) is 0.957. The summed E-state index contributed by atoms with van der Waals surface area (Å²) in [5.41, 5.74) is 0.591. The van der Waals surface area contributed by atoms with Crippen molar-refractivity contribution in [2.75, 3.05) is 26.8 Å². The van der Waals surface area contributed by atoms with E-state index in [1.165, 1.54) is 16.4 Å². The highest BCUT2D eigenvalue weighted by atomic mass is 32.2. The van der Waals surface area contributed by atoms with Gasteiger partial charge in [-0.25, -0.2) is 12.8 Å². The molecule has 1 aliphatic rings. The fourth-order valence-corrected chi connectivity index (χ4v) is 3.73. The highest BCUT2D eigenvalue weighted by Crippen LogP contribution is 2.24. The van der Waals surface area contributed by atoms with Crippen molar-refractivity contribution < 1.29 is 17.5 Å². The molecule has 0 unspecified atom stereocenters. The first-order valence-corrected chi connectivity index (χ1v) is 7.80. The standard InChI is InChI=1S/C14H15FN2O3S/c1-20-10-11-5-7-17(8-6-11)21(18,19)14-4-2-3-13(15)12(14)9-16/h2-5H,6-8,10H2,1H3. The lowest BCUT2D eigenvalue weighted by molar-refractivity contribution is 0.219. The van der Waals surface area contributed by atoms with Gasteiger partial charge in [-0.1, -0.05) is 12.1 Å². The molecule has 1 aliphatic heterocycles. The third-order valence-electron chi connectivity index (χ3n) is 3.30. The zero-order valence-corrected chi connectivity index (χ0v) is 12.4. The molecule has 7 heteroatoms. The number of nitrogens with zero attached hydrogens (tertiary/aromatic N) is 2. The Hall–Kier alpha value is -1.75. The van der Waals surface area contributed by atoms with Gasteiger partial charge in [0, 0.05) is 20.2 Å². The van der Waals surface area contributed by atoms with E-state index in [4.69, 9.17) is 10.00 Å². The normalized spacial score (nSPS) is 16.3. The number of hydrogen-bond acceptors (Lipinski definition) is 4. The predicted molar refractivity (Wildman–Crippen MR) is 74.4 cm³/mol. The first-order valence-electron chi connectivity index (χ1n) is 6.36. The van der Waals surface area contributed by atoms with Gasteiger partial charge in [0.1, 0.15) is 22.3 Å². The van der Waals surface area contributed by atoms with Crippen molar-refractivity contribution in [2.24, 2.45) is 0 Å². The van der Waals surface area contributed by atoms with E-state index in [9.17, 15) is 12.8 Å². The van der Waals surface area contributed by atoms with Gasteiger partial charge in [-0.05, 0) is 24.1 Å². The molecule has 0 atom stereocenters. The number of hydrogen-bond donors (Lipinski definition) is 0. The first kappa shape index (κ1) is 15.6. The smallest absolute Gasteiger partial charge is 0.244 e. The van der Waals surface area contributed by atoms with Crippen LogP contribution in [0.4, 0.5) is 4.39 Å². The maximum Gasteiger partial charge on any atom is 0.244 e. The van der Waals surface area contributed by atoms with Crippen molar-refractivity contribution in [2.45, 2.75) is 11.3 Å². The number of rotatable bonds is 4. The Kier molecular flexibility index (Phi) is 4.73. The molecule has 1 aromatic rings. The molecule has 0 aromatic heterocycles. The maximum absolute atomic E-state index is 13.6. The van der Waals surface area contributed by atoms with Crippen LogP contribution < -0.4 is 0 Å². The number of ether oxygens (including phenoxy) is 1. The van der Waals surface area contributed by atoms with Crippen molar-refractivity contribution in [3.05, 3.63) is 41.2 Å². The maximum atomic E-state index is 13.6. The summed E-state index contributed by atoms with van der Waals surface area (Å²) in [5, 5.41) is 8.97. The lowest BCUT2D eigenvalue weighted by Gasteiger charge is -2.26. The number of methoxy groups -OCH3 is 1. The predicted octanol–water partition coefficient (Wildman–Crippen LogP) is 1.66. The van der Waals surface area contributed by atoms with Crippen molar-refractivity contribution in [3.63, 3.8) is 0 Å². The molecule has 0 aliphatic carbocycles. The van der Waals surface area contributed by atoms with Crippen LogP contribution in [-0.2, 0) is 14.8 Å². The summed E-state index contributed by atoms with van der Waals surface area (Å²) >= 11 is 0. The highest BCUT2D eigenvalue weighted by Gasteiger charge is 2.29. The number of benzene rings is 1. The van der Waals surface area contributed by atoms with Crippen molar-refractivity contribution in [1.29, 1.82) is 5.26 Å². The Morgan fingerprint density at radius 2 is 2.24 bits per heavy atom. The Morgan fingerprint density at radius 3 is 2.81 bits per heavy atom. The summed E-state index contributed by atoms with van der Waals surface area (Å²) < 4.78 is 44.9. The third kappa shape index (κ3) is 3.13. The van der Waals surface area contributed by atoms with Crippen molar-refractivity contribution in [3.8, 4) is 6.07 Å². The molecule has 0 spiro atoms. The van der Waals surface area contributed by atoms with Crippen LogP contribution in [0.3, 0.4) is 0 Å². The molecule has 112 valence electrons. The average molecular weight is 310 g/mol. The fourth-order valence-electron chi connectivity index (χ4n) is 2.19. The van der Waals surface area contributed by atoms with E-state index in [0.717, 1.165) is 11.6 Å². The van der Waals surface area contributed by atoms with Gasteiger partial charge in [0.25, 0.3) is 0 Å². The highest BCUT2D eigenvalue weighted by molar-refractivity contribution is 7.89. The molecular weight excluding hydrogens is 295 g/mol. The molecule has 0 N–H and O–H groups in total. The molecule has 0 radical (unpaired) electrons. The lowest BCUT2D eigenvalue weighted by atomic mass is 10.1. The van der Waals surface area contributed by atoms with Crippen LogP contribution in [0.15, 0.2) is 34.7 Å². The molecule has 21 heavy (non-hydrogen) atoms. The molecule has 0 saturated heterocycles. The molecule has 0 fully saturated rings. The summed E-state index contributed by atoms with van der Waals surface area (Å²) in [4.78, 5) is -0.284. The van der Waals surface area contributed by atoms with Crippen LogP contribution in [0.25, 0.3) is 0 Å². The minimum Gasteiger partial charge on any atom is -0.380 e. The van der Waals surface area contributed by atoms with Gasteiger partial charge in [0.2, 0.25) is 10.0 Å². The minimum atomic E-state index is -3.88. The van der Waals surface area contributed by atoms with E-state index in [1.807, 2.05) is 0 Å². The first-order chi connectivity index (χ1) is 10.0. The zero-order chi connectivity index (χ0) is 15.5. The topological polar surface area (TPSA) is 70.4 Å². The van der Waals surface area contributed by atoms with Gasteiger partial charge < -0.3 is 4.74 Å². The largest absolute Gasteiger partial charge is 0.380 e. The Morgan fingerprint density at radius 1 is 1.48 bits per heavy atom. The second-order valence-electron chi connectivity index (χ2n) is 4.63. The second-order valence-corrected chi connectivity index (χ2v) is 6.54. The van der Waals surface area contributed by atoms with Gasteiger partial charge in [-0.2, -0.15) is 9.57 Å². The molecular formula is C14H15FN2O3S. The SMILES string of the molecule is COCC1=CCN(S(=O)(=O)c2cccc(F)c2C#N)CC1. The van der Waals surface area contributed by atoms with E-state index in [0.29, 0.717) is 19.6 Å². The van der Waals surface area contributed by atoms with Gasteiger partial charge in [0.15, 0.2) is 0 Å². The summed E-state index contributed by atoms with van der Waals surface area (Å²) in [5.74, 6) is -0.828. The Labute approximate surface area is 123 Å². The van der Waals surface area contributed by atoms with Crippen molar-refractivity contribution >= 4 is 10.0 Å². The van der Waals surface area contributed by atoms with Gasteiger partial charge >= 0.3 is 0 Å². The molecule has 1 heterocycles. The molecule has 5 nitrogen and oxygen atoms in total. The molecule has 1 aromatic carbocycles. The van der Waals surface area contributed by atoms with Crippen LogP contribution in [0.5, 0.6) is 0 Å². The van der Waals surface area contributed by atoms with Gasteiger partial charge in [0.05, 0.1) is 6.61 Å². The third-order valence-corrected chi connectivity index (χ3v) is 5.21. The molecule has 0 bridgehead atoms. The zero-order valence-electron chi connectivity index (χ0n) is 11.5. The van der Waals surface area contributed by atoms with Crippen LogP contribution in [-0.4, -0.2) is 39.5 Å². The summed E-state index contributed by atoms with van der Waals surface area (Å²) in [6.07, 6.45) is 2.35. The van der Waals surface area contributed by atoms with E-state index < -0.39 is 21.4 Å². The number of sulfonamides is 1. The van der Waals surface area contributed by atoms with E-state index in [2.05, 4.69) is 0 Å². The second kappa shape index (κ2) is 6.35. The average Bonchev–Trinajstić information content (AvgIpc) is 2.48. The summed E-state index contributed by atoms with van der Waals surface area (Å²) in [6, 6.07) is 5.24. The molecule has 0 saturated carbocycles. The van der Waals surface area contributed by atoms with E-state index >= 15 is 0 Å². The van der Waals surface area contributed by atoms with E-state index in [-0.39, 0.29) is 11.4 Å². The van der Waals surface area contributed by atoms with Crippen LogP contribution in [0.2, 0.25) is 0 Å². The lowest BCUT2D eigenvalue weighted by Crippen LogP contribution is -2.35. The molecule has 0 amide bonds. The van der Waals surface area contributed by atoms with Gasteiger partial charge in [-0.15, -0.1) is 0 Å². The Bertz CT molecular complexity index is 707. The quantitative estimate of drug-likeness (QED) is 0.793. The van der Waals surface area contributed by atoms with Crippen LogP contribution in [0, 0.1) is 17.1 Å². The monoisotopic (exact) mass is 310 g/mol. The van der Waals surface area contributed by atoms with Crippen LogP contribution in [0.1, 0.15) is 12.0 Å². The van der Waals surface area contributed by atoms with E-state index in [1.54, 1.807) is 19.3 Å². The summed E-state index contributed by atoms with van der Waals surface area (Å²) in [7, 11) is -2.30. The Balaban J connectivity index is 2.33.